The minimum atomic E-state index is -0.0636. The van der Waals surface area contributed by atoms with Crippen LogP contribution >= 0.6 is 23.5 Å². The highest BCUT2D eigenvalue weighted by atomic mass is 32.2. The van der Waals surface area contributed by atoms with Crippen molar-refractivity contribution in [2.45, 2.75) is 54.5 Å². The molecule has 0 aromatic carbocycles. The second-order valence-corrected chi connectivity index (χ2v) is 7.47. The zero-order chi connectivity index (χ0) is 12.1. The lowest BCUT2D eigenvalue weighted by Crippen LogP contribution is -2.34. The van der Waals surface area contributed by atoms with Crippen LogP contribution in [0.15, 0.2) is 0 Å². The molecule has 3 unspecified atom stereocenters. The Morgan fingerprint density at radius 1 is 1.47 bits per heavy atom. The smallest absolute Gasteiger partial charge is 0.233 e. The molecule has 6 heteroatoms. The van der Waals surface area contributed by atoms with E-state index in [0.29, 0.717) is 11.1 Å². The van der Waals surface area contributed by atoms with Gasteiger partial charge in [0.1, 0.15) is 4.71 Å². The van der Waals surface area contributed by atoms with Crippen molar-refractivity contribution in [1.29, 1.82) is 0 Å². The zero-order valence-corrected chi connectivity index (χ0v) is 11.6. The molecule has 98 valence electrons. The van der Waals surface area contributed by atoms with E-state index < -0.39 is 0 Å². The number of thioether (sulfide) groups is 2. The fourth-order valence-corrected chi connectivity index (χ4v) is 5.51. The molecule has 1 saturated carbocycles. The predicted octanol–water partition coefficient (Wildman–Crippen LogP) is 1.42. The van der Waals surface area contributed by atoms with Crippen LogP contribution in [0.3, 0.4) is 0 Å². The molecule has 4 nitrogen and oxygen atoms in total. The molecule has 17 heavy (non-hydrogen) atoms. The van der Waals surface area contributed by atoms with Crippen molar-refractivity contribution < 1.29 is 4.79 Å². The van der Waals surface area contributed by atoms with E-state index in [-0.39, 0.29) is 5.91 Å². The van der Waals surface area contributed by atoms with Gasteiger partial charge >= 0.3 is 0 Å². The fraction of sp³-hybridized carbons (Fsp3) is 0.909. The van der Waals surface area contributed by atoms with E-state index in [2.05, 4.69) is 22.5 Å². The molecular formula is C11H21N3OS2. The highest BCUT2D eigenvalue weighted by molar-refractivity contribution is 8.17. The normalized spacial score (nSPS) is 32.2. The van der Waals surface area contributed by atoms with Gasteiger partial charge in [-0.1, -0.05) is 12.8 Å². The average Bonchev–Trinajstić information content (AvgIpc) is 2.76. The fourth-order valence-electron chi connectivity index (χ4n) is 2.41. The van der Waals surface area contributed by atoms with E-state index in [1.54, 1.807) is 0 Å². The van der Waals surface area contributed by atoms with Crippen molar-refractivity contribution in [2.24, 2.45) is 5.84 Å². The summed E-state index contributed by atoms with van der Waals surface area (Å²) >= 11 is 4.02. The summed E-state index contributed by atoms with van der Waals surface area (Å²) in [5, 5.41) is 4.52. The topological polar surface area (TPSA) is 67.1 Å². The number of carbonyl (C=O) groups is 1. The first-order chi connectivity index (χ1) is 8.29. The Kier molecular flexibility index (Phi) is 5.47. The largest absolute Gasteiger partial charge is 0.294 e. The van der Waals surface area contributed by atoms with Gasteiger partial charge in [-0.2, -0.15) is 0 Å². The monoisotopic (exact) mass is 275 g/mol. The second-order valence-electron chi connectivity index (χ2n) is 4.61. The molecule has 3 atom stereocenters. The summed E-state index contributed by atoms with van der Waals surface area (Å²) < 4.78 is 0.532. The van der Waals surface area contributed by atoms with Crippen LogP contribution in [-0.4, -0.2) is 27.7 Å². The number of hydrogen-bond acceptors (Lipinski definition) is 5. The Morgan fingerprint density at radius 2 is 2.29 bits per heavy atom. The minimum Gasteiger partial charge on any atom is -0.294 e. The van der Waals surface area contributed by atoms with Gasteiger partial charge in [0.2, 0.25) is 5.91 Å². The number of nitrogens with one attached hydrogen (secondary N) is 2. The lowest BCUT2D eigenvalue weighted by molar-refractivity contribution is -0.121. The molecule has 1 heterocycles. The number of nitrogens with two attached hydrogens (primary N) is 1. The van der Waals surface area contributed by atoms with Crippen LogP contribution in [-0.2, 0) is 4.79 Å². The maximum absolute atomic E-state index is 10.9. The van der Waals surface area contributed by atoms with Crippen LogP contribution in [0, 0.1) is 0 Å². The van der Waals surface area contributed by atoms with Gasteiger partial charge in [-0.15, -0.1) is 23.5 Å². The van der Waals surface area contributed by atoms with Crippen molar-refractivity contribution >= 4 is 29.4 Å². The Hall–Kier alpha value is 0.0900. The Labute approximate surface area is 111 Å². The maximum atomic E-state index is 10.9. The van der Waals surface area contributed by atoms with Gasteiger partial charge in [-0.3, -0.25) is 15.5 Å². The molecular weight excluding hydrogens is 254 g/mol. The van der Waals surface area contributed by atoms with E-state index >= 15 is 0 Å². The van der Waals surface area contributed by atoms with Gasteiger partial charge in [-0.25, -0.2) is 5.84 Å². The molecule has 2 aliphatic rings. The van der Waals surface area contributed by atoms with Gasteiger partial charge < -0.3 is 0 Å². The first kappa shape index (κ1) is 13.5. The Morgan fingerprint density at radius 3 is 3.06 bits per heavy atom. The van der Waals surface area contributed by atoms with Gasteiger partial charge in [0.25, 0.3) is 0 Å². The van der Waals surface area contributed by atoms with Crippen molar-refractivity contribution in [2.75, 3.05) is 5.75 Å². The molecule has 1 saturated heterocycles. The van der Waals surface area contributed by atoms with Crippen LogP contribution in [0.25, 0.3) is 0 Å². The maximum Gasteiger partial charge on any atom is 0.233 e. The molecule has 1 aliphatic carbocycles. The molecule has 1 aliphatic heterocycles. The summed E-state index contributed by atoms with van der Waals surface area (Å²) in [6, 6.07) is 0.735. The molecule has 0 bridgehead atoms. The highest BCUT2D eigenvalue weighted by Crippen LogP contribution is 2.40. The SMILES string of the molecule is NNC(=O)CCCSC1NC2CCCCC2S1. The third kappa shape index (κ3) is 4.05. The number of hydrazine groups is 1. The second kappa shape index (κ2) is 6.87. The zero-order valence-electron chi connectivity index (χ0n) is 9.98. The van der Waals surface area contributed by atoms with Crippen LogP contribution < -0.4 is 16.6 Å². The minimum absolute atomic E-state index is 0.0636. The van der Waals surface area contributed by atoms with Gasteiger partial charge in [-0.05, 0) is 25.0 Å². The van der Waals surface area contributed by atoms with E-state index in [1.807, 2.05) is 11.8 Å². The van der Waals surface area contributed by atoms with Crippen molar-refractivity contribution in [3.63, 3.8) is 0 Å². The summed E-state index contributed by atoms with van der Waals surface area (Å²) in [5.74, 6) is 5.99. The summed E-state index contributed by atoms with van der Waals surface area (Å²) in [5.41, 5.74) is 2.17. The molecule has 2 rings (SSSR count). The highest BCUT2D eigenvalue weighted by Gasteiger charge is 2.35. The number of amides is 1. The van der Waals surface area contributed by atoms with Crippen LogP contribution in [0.4, 0.5) is 0 Å². The van der Waals surface area contributed by atoms with Gasteiger partial charge in [0.05, 0.1) is 0 Å². The van der Waals surface area contributed by atoms with Crippen molar-refractivity contribution in [3.8, 4) is 0 Å². The van der Waals surface area contributed by atoms with E-state index in [0.717, 1.165) is 23.5 Å². The third-order valence-corrected chi connectivity index (χ3v) is 6.33. The lowest BCUT2D eigenvalue weighted by Gasteiger charge is -2.23. The summed E-state index contributed by atoms with van der Waals surface area (Å²) in [4.78, 5) is 10.9. The molecule has 0 radical (unpaired) electrons. The number of rotatable bonds is 5. The Bertz CT molecular complexity index is 251. The van der Waals surface area contributed by atoms with Crippen LogP contribution in [0.2, 0.25) is 0 Å². The number of carbonyl (C=O) groups excluding carboxylic acids is 1. The van der Waals surface area contributed by atoms with Crippen molar-refractivity contribution in [1.82, 2.24) is 10.7 Å². The summed E-state index contributed by atoms with van der Waals surface area (Å²) in [7, 11) is 0. The molecule has 0 aromatic rings. The first-order valence-corrected chi connectivity index (χ1v) is 8.31. The van der Waals surface area contributed by atoms with Gasteiger partial charge in [0, 0.05) is 17.7 Å². The molecule has 0 spiro atoms. The Balaban J connectivity index is 1.59. The average molecular weight is 275 g/mol. The number of hydrogen-bond donors (Lipinski definition) is 3. The predicted molar refractivity (Wildman–Crippen MR) is 74.6 cm³/mol. The quantitative estimate of drug-likeness (QED) is 0.306. The summed E-state index contributed by atoms with van der Waals surface area (Å²) in [6.45, 7) is 0. The molecule has 1 amide bonds. The van der Waals surface area contributed by atoms with E-state index in [4.69, 9.17) is 5.84 Å². The van der Waals surface area contributed by atoms with E-state index in [1.165, 1.54) is 25.7 Å². The summed E-state index contributed by atoms with van der Waals surface area (Å²) in [6.07, 6.45) is 6.92. The first-order valence-electron chi connectivity index (χ1n) is 6.32. The molecule has 0 aromatic heterocycles. The number of fused-ring (bicyclic) bond motifs is 1. The third-order valence-electron chi connectivity index (χ3n) is 3.33. The van der Waals surface area contributed by atoms with E-state index in [9.17, 15) is 4.79 Å². The molecule has 4 N–H and O–H groups in total. The van der Waals surface area contributed by atoms with Crippen LogP contribution in [0.5, 0.6) is 0 Å². The van der Waals surface area contributed by atoms with Gasteiger partial charge in [0.15, 0.2) is 0 Å². The van der Waals surface area contributed by atoms with Crippen molar-refractivity contribution in [3.05, 3.63) is 0 Å². The lowest BCUT2D eigenvalue weighted by atomic mass is 9.95. The molecule has 2 fully saturated rings. The van der Waals surface area contributed by atoms with Crippen LogP contribution in [0.1, 0.15) is 38.5 Å². The standard InChI is InChI=1S/C11H21N3OS2/c12-14-10(15)6-3-7-16-11-13-8-4-1-2-5-9(8)17-11/h8-9,11,13H,1-7,12H2,(H,14,15).